The number of nitrogens with zero attached hydrogens (tertiary/aromatic N) is 1. The Morgan fingerprint density at radius 1 is 1.12 bits per heavy atom. The van der Waals surface area contributed by atoms with Gasteiger partial charge in [0.15, 0.2) is 0 Å². The lowest BCUT2D eigenvalue weighted by Gasteiger charge is -2.24. The molecule has 0 spiro atoms. The summed E-state index contributed by atoms with van der Waals surface area (Å²) in [6, 6.07) is 12.2. The molecule has 2 unspecified atom stereocenters. The van der Waals surface area contributed by atoms with Crippen molar-refractivity contribution in [1.29, 1.82) is 0 Å². The number of carbonyl (C=O) groups is 1. The minimum absolute atomic E-state index is 0.225. The van der Waals surface area contributed by atoms with Crippen LogP contribution in [0.5, 0.6) is 0 Å². The van der Waals surface area contributed by atoms with Crippen molar-refractivity contribution in [2.24, 2.45) is 7.05 Å². The van der Waals surface area contributed by atoms with Gasteiger partial charge in [0.2, 0.25) is 0 Å². The Hall–Kier alpha value is -3.10. The molecule has 2 heterocycles. The summed E-state index contributed by atoms with van der Waals surface area (Å²) < 4.78 is 26.9. The molecule has 0 saturated heterocycles. The highest BCUT2D eigenvalue weighted by Crippen LogP contribution is 2.41. The highest BCUT2D eigenvalue weighted by Gasteiger charge is 2.31. The molecule has 0 fully saturated rings. The van der Waals surface area contributed by atoms with E-state index in [-0.39, 0.29) is 17.8 Å². The zero-order chi connectivity index (χ0) is 23.0. The molecule has 0 aliphatic carbocycles. The van der Waals surface area contributed by atoms with E-state index < -0.39 is 28.9 Å². The van der Waals surface area contributed by atoms with Gasteiger partial charge in [-0.1, -0.05) is 24.3 Å². The number of aromatic nitrogens is 1. The molecule has 8 heteroatoms. The SMILES string of the molecule is Cn1cc2c(cc1=O)[C@H](CC(=O)O)NC(c1ccc(F)cc1)c1ccc(CS(C)=O)cc1-2. The van der Waals surface area contributed by atoms with Gasteiger partial charge >= 0.3 is 5.97 Å². The number of aliphatic carboxylic acids is 1. The standard InChI is InChI=1S/C24H23FN2O4S/c1-27-12-20-18-9-14(13-32(2)31)3-8-17(18)24(15-4-6-16(25)7-5-15)26-21(11-23(29)30)19(20)10-22(27)28/h3-10,12,21,24,26H,11,13H2,1-2H3,(H,29,30)/t21-,24?,32?/m0/s1. The summed E-state index contributed by atoms with van der Waals surface area (Å²) in [6.07, 6.45) is 3.12. The molecule has 0 bridgehead atoms. The molecule has 0 amide bonds. The van der Waals surface area contributed by atoms with E-state index in [4.69, 9.17) is 0 Å². The van der Waals surface area contributed by atoms with Gasteiger partial charge in [0.25, 0.3) is 5.56 Å². The fourth-order valence-corrected chi connectivity index (χ4v) is 4.87. The fraction of sp³-hybridized carbons (Fsp3) is 0.250. The Bertz CT molecular complexity index is 1270. The first-order valence-electron chi connectivity index (χ1n) is 10.1. The van der Waals surface area contributed by atoms with Crippen molar-refractivity contribution in [2.45, 2.75) is 24.3 Å². The molecule has 2 N–H and O–H groups in total. The normalized spacial score (nSPS) is 18.3. The number of fused-ring (bicyclic) bond motifs is 3. The topological polar surface area (TPSA) is 88.4 Å². The summed E-state index contributed by atoms with van der Waals surface area (Å²) in [7, 11) is 0.608. The van der Waals surface area contributed by atoms with Crippen LogP contribution in [0.4, 0.5) is 4.39 Å². The number of carboxylic acids is 1. The maximum atomic E-state index is 13.6. The lowest BCUT2D eigenvalue weighted by Crippen LogP contribution is -2.29. The Balaban J connectivity index is 1.99. The summed E-state index contributed by atoms with van der Waals surface area (Å²) in [5.74, 6) is -0.988. The first-order valence-corrected chi connectivity index (χ1v) is 11.8. The fourth-order valence-electron chi connectivity index (χ4n) is 4.23. The second-order valence-electron chi connectivity index (χ2n) is 8.03. The Morgan fingerprint density at radius 2 is 1.84 bits per heavy atom. The van der Waals surface area contributed by atoms with E-state index in [9.17, 15) is 23.3 Å². The number of hydrogen-bond donors (Lipinski definition) is 2. The van der Waals surface area contributed by atoms with Crippen molar-refractivity contribution in [1.82, 2.24) is 9.88 Å². The molecule has 4 rings (SSSR count). The van der Waals surface area contributed by atoms with Gasteiger partial charge in [0.05, 0.1) is 12.5 Å². The van der Waals surface area contributed by atoms with E-state index in [1.54, 1.807) is 31.6 Å². The number of pyridine rings is 1. The zero-order valence-electron chi connectivity index (χ0n) is 17.7. The molecular weight excluding hydrogens is 431 g/mol. The molecule has 6 nitrogen and oxygen atoms in total. The number of halogens is 1. The van der Waals surface area contributed by atoms with E-state index in [2.05, 4.69) is 5.32 Å². The quantitative estimate of drug-likeness (QED) is 0.618. The average molecular weight is 455 g/mol. The minimum atomic E-state index is -1.04. The van der Waals surface area contributed by atoms with Crippen molar-refractivity contribution >= 4 is 16.8 Å². The van der Waals surface area contributed by atoms with Crippen LogP contribution in [0.3, 0.4) is 0 Å². The van der Waals surface area contributed by atoms with Crippen molar-refractivity contribution in [2.75, 3.05) is 6.26 Å². The summed E-state index contributed by atoms with van der Waals surface area (Å²) in [6.45, 7) is 0. The highest BCUT2D eigenvalue weighted by atomic mass is 32.2. The van der Waals surface area contributed by atoms with Crippen LogP contribution in [0.25, 0.3) is 11.1 Å². The smallest absolute Gasteiger partial charge is 0.305 e. The number of benzene rings is 2. The number of aryl methyl sites for hydroxylation is 1. The molecule has 3 aromatic rings. The van der Waals surface area contributed by atoms with Gasteiger partial charge in [-0.05, 0) is 46.0 Å². The number of nitrogens with one attached hydrogen (secondary N) is 1. The minimum Gasteiger partial charge on any atom is -0.481 e. The van der Waals surface area contributed by atoms with Gasteiger partial charge in [0.1, 0.15) is 5.82 Å². The van der Waals surface area contributed by atoms with Crippen LogP contribution in [0.2, 0.25) is 0 Å². The predicted molar refractivity (Wildman–Crippen MR) is 121 cm³/mol. The van der Waals surface area contributed by atoms with Crippen LogP contribution in [-0.2, 0) is 28.4 Å². The molecule has 0 saturated carbocycles. The van der Waals surface area contributed by atoms with Gasteiger partial charge in [-0.15, -0.1) is 0 Å². The van der Waals surface area contributed by atoms with Crippen LogP contribution in [0, 0.1) is 5.82 Å². The third kappa shape index (κ3) is 4.42. The zero-order valence-corrected chi connectivity index (χ0v) is 18.5. The molecule has 1 aliphatic rings. The molecule has 2 aromatic carbocycles. The van der Waals surface area contributed by atoms with Crippen LogP contribution in [0.1, 0.15) is 40.8 Å². The maximum absolute atomic E-state index is 13.6. The van der Waals surface area contributed by atoms with Gasteiger partial charge in [-0.2, -0.15) is 0 Å². The van der Waals surface area contributed by atoms with E-state index in [0.717, 1.165) is 27.8 Å². The highest BCUT2D eigenvalue weighted by molar-refractivity contribution is 7.83. The second kappa shape index (κ2) is 8.80. The first kappa shape index (κ1) is 22.1. The molecule has 1 aliphatic heterocycles. The number of hydrogen-bond acceptors (Lipinski definition) is 4. The predicted octanol–water partition coefficient (Wildman–Crippen LogP) is 3.28. The average Bonchev–Trinajstić information content (AvgIpc) is 2.84. The molecule has 166 valence electrons. The first-order chi connectivity index (χ1) is 15.2. The molecule has 3 atom stereocenters. The Morgan fingerprint density at radius 3 is 2.50 bits per heavy atom. The third-order valence-electron chi connectivity index (χ3n) is 5.67. The summed E-state index contributed by atoms with van der Waals surface area (Å²) in [5.41, 5.74) is 4.44. The molecule has 32 heavy (non-hydrogen) atoms. The molecular formula is C24H23FN2O4S. The Kier molecular flexibility index (Phi) is 6.08. The van der Waals surface area contributed by atoms with E-state index in [0.29, 0.717) is 11.3 Å². The molecule has 0 radical (unpaired) electrons. The van der Waals surface area contributed by atoms with Crippen molar-refractivity contribution in [3.8, 4) is 11.1 Å². The van der Waals surface area contributed by atoms with Gasteiger partial charge in [0, 0.05) is 53.7 Å². The van der Waals surface area contributed by atoms with E-state index in [1.165, 1.54) is 22.8 Å². The third-order valence-corrected chi connectivity index (χ3v) is 6.41. The summed E-state index contributed by atoms with van der Waals surface area (Å²) in [4.78, 5) is 24.1. The lowest BCUT2D eigenvalue weighted by atomic mass is 9.90. The van der Waals surface area contributed by atoms with E-state index in [1.807, 2.05) is 18.2 Å². The molecule has 1 aromatic heterocycles. The Labute approximate surface area is 187 Å². The summed E-state index contributed by atoms with van der Waals surface area (Å²) >= 11 is 0. The largest absolute Gasteiger partial charge is 0.481 e. The van der Waals surface area contributed by atoms with E-state index >= 15 is 0 Å². The monoisotopic (exact) mass is 454 g/mol. The summed E-state index contributed by atoms with van der Waals surface area (Å²) in [5, 5.41) is 12.9. The van der Waals surface area contributed by atoms with Crippen LogP contribution in [-0.4, -0.2) is 26.1 Å². The van der Waals surface area contributed by atoms with Crippen molar-refractivity contribution in [3.63, 3.8) is 0 Å². The van der Waals surface area contributed by atoms with Crippen LogP contribution in [0.15, 0.2) is 59.5 Å². The van der Waals surface area contributed by atoms with Gasteiger partial charge in [-0.3, -0.25) is 19.1 Å². The maximum Gasteiger partial charge on any atom is 0.305 e. The lowest BCUT2D eigenvalue weighted by molar-refractivity contribution is -0.137. The van der Waals surface area contributed by atoms with Crippen molar-refractivity contribution in [3.05, 3.63) is 93.2 Å². The second-order valence-corrected chi connectivity index (χ2v) is 9.47. The van der Waals surface area contributed by atoms with Gasteiger partial charge in [-0.25, -0.2) is 4.39 Å². The number of carboxylic acid groups (broad SMARTS) is 1. The number of rotatable bonds is 5. The van der Waals surface area contributed by atoms with Crippen LogP contribution < -0.4 is 10.9 Å². The van der Waals surface area contributed by atoms with Gasteiger partial charge < -0.3 is 9.67 Å². The van der Waals surface area contributed by atoms with Crippen LogP contribution >= 0.6 is 0 Å². The van der Waals surface area contributed by atoms with Crippen molar-refractivity contribution < 1.29 is 18.5 Å².